The van der Waals surface area contributed by atoms with Crippen LogP contribution in [0, 0.1) is 0 Å². The Kier molecular flexibility index (Phi) is 2.70. The average Bonchev–Trinajstić information content (AvgIpc) is 3.29. The normalized spacial score (nSPS) is 14.7. The lowest BCUT2D eigenvalue weighted by Crippen LogP contribution is -2.22. The molecule has 1 aliphatic heterocycles. The van der Waals surface area contributed by atoms with Crippen molar-refractivity contribution in [1.29, 1.82) is 0 Å². The minimum Gasteiger partial charge on any atom is -0.354 e. The van der Waals surface area contributed by atoms with E-state index >= 15 is 0 Å². The van der Waals surface area contributed by atoms with Crippen molar-refractivity contribution in [1.82, 2.24) is 20.5 Å². The van der Waals surface area contributed by atoms with Gasteiger partial charge in [0.05, 0.1) is 22.4 Å². The van der Waals surface area contributed by atoms with Crippen molar-refractivity contribution in [2.24, 2.45) is 0 Å². The van der Waals surface area contributed by atoms with Gasteiger partial charge in [0.15, 0.2) is 0 Å². The van der Waals surface area contributed by atoms with Gasteiger partial charge in [-0.25, -0.2) is 0 Å². The van der Waals surface area contributed by atoms with Gasteiger partial charge >= 0.3 is 0 Å². The van der Waals surface area contributed by atoms with Gasteiger partial charge in [0.25, 0.3) is 11.8 Å². The van der Waals surface area contributed by atoms with E-state index in [9.17, 15) is 9.59 Å². The third kappa shape index (κ3) is 1.94. The summed E-state index contributed by atoms with van der Waals surface area (Å²) < 4.78 is 0. The molecule has 25 heavy (non-hydrogen) atoms. The Morgan fingerprint density at radius 3 is 2.36 bits per heavy atom. The second-order valence-corrected chi connectivity index (χ2v) is 5.92. The lowest BCUT2D eigenvalue weighted by atomic mass is 10.0. The summed E-state index contributed by atoms with van der Waals surface area (Å²) in [5.74, 6) is -0.852. The van der Waals surface area contributed by atoms with E-state index in [2.05, 4.69) is 20.5 Å². The van der Waals surface area contributed by atoms with Crippen LogP contribution < -0.4 is 5.32 Å². The van der Waals surface area contributed by atoms with Gasteiger partial charge in [0, 0.05) is 16.3 Å². The van der Waals surface area contributed by atoms with Crippen molar-refractivity contribution in [3.8, 4) is 0 Å². The number of aromatic nitrogens is 3. The SMILES string of the molecule is O=C1NC(=O)C(c2n[nH]c3ccccc23)=C1c1cc2ccccc2[nH]1. The number of carbonyl (C=O) groups excluding carboxylic acids is 2. The fraction of sp³-hybridized carbons (Fsp3) is 0. The van der Waals surface area contributed by atoms with Gasteiger partial charge in [-0.15, -0.1) is 0 Å². The number of benzene rings is 2. The molecule has 0 aliphatic carbocycles. The topological polar surface area (TPSA) is 90.6 Å². The zero-order valence-corrected chi connectivity index (χ0v) is 13.0. The molecule has 1 aliphatic rings. The lowest BCUT2D eigenvalue weighted by Gasteiger charge is -2.00. The summed E-state index contributed by atoms with van der Waals surface area (Å²) in [6.45, 7) is 0. The first kappa shape index (κ1) is 13.7. The first-order valence-corrected chi connectivity index (χ1v) is 7.84. The third-order valence-corrected chi connectivity index (χ3v) is 4.44. The number of amides is 2. The predicted octanol–water partition coefficient (Wildman–Crippen LogP) is 2.61. The highest BCUT2D eigenvalue weighted by Crippen LogP contribution is 2.34. The van der Waals surface area contributed by atoms with E-state index in [0.717, 1.165) is 21.8 Å². The molecule has 4 aromatic rings. The molecule has 0 fully saturated rings. The number of nitrogens with zero attached hydrogens (tertiary/aromatic N) is 1. The highest BCUT2D eigenvalue weighted by Gasteiger charge is 2.35. The summed E-state index contributed by atoms with van der Waals surface area (Å²) in [7, 11) is 0. The quantitative estimate of drug-likeness (QED) is 0.494. The van der Waals surface area contributed by atoms with Crippen LogP contribution in [0.25, 0.3) is 33.0 Å². The Labute approximate surface area is 141 Å². The summed E-state index contributed by atoms with van der Waals surface area (Å²) in [6, 6.07) is 17.1. The molecule has 2 aromatic heterocycles. The van der Waals surface area contributed by atoms with Gasteiger partial charge in [-0.1, -0.05) is 36.4 Å². The molecule has 2 amide bonds. The van der Waals surface area contributed by atoms with Crippen LogP contribution in [0.5, 0.6) is 0 Å². The molecule has 120 valence electrons. The Morgan fingerprint density at radius 2 is 1.52 bits per heavy atom. The second kappa shape index (κ2) is 4.91. The molecule has 0 bridgehead atoms. The number of para-hydroxylation sites is 2. The van der Waals surface area contributed by atoms with Crippen molar-refractivity contribution < 1.29 is 9.59 Å². The predicted molar refractivity (Wildman–Crippen MR) is 94.4 cm³/mol. The zero-order chi connectivity index (χ0) is 17.0. The van der Waals surface area contributed by atoms with Gasteiger partial charge < -0.3 is 4.98 Å². The van der Waals surface area contributed by atoms with Crippen LogP contribution in [0.4, 0.5) is 0 Å². The number of nitrogens with one attached hydrogen (secondary N) is 3. The van der Waals surface area contributed by atoms with Crippen LogP contribution in [0.1, 0.15) is 11.4 Å². The largest absolute Gasteiger partial charge is 0.354 e. The van der Waals surface area contributed by atoms with Crippen LogP contribution in [0.15, 0.2) is 54.6 Å². The number of hydrogen-bond donors (Lipinski definition) is 3. The maximum Gasteiger partial charge on any atom is 0.261 e. The van der Waals surface area contributed by atoms with Crippen LogP contribution in [0.3, 0.4) is 0 Å². The van der Waals surface area contributed by atoms with Crippen molar-refractivity contribution >= 4 is 44.8 Å². The molecule has 2 aromatic carbocycles. The van der Waals surface area contributed by atoms with Gasteiger partial charge in [-0.3, -0.25) is 20.0 Å². The lowest BCUT2D eigenvalue weighted by molar-refractivity contribution is -0.122. The Morgan fingerprint density at radius 1 is 0.800 bits per heavy atom. The van der Waals surface area contributed by atoms with Crippen LogP contribution >= 0.6 is 0 Å². The molecule has 0 saturated heterocycles. The number of rotatable bonds is 2. The van der Waals surface area contributed by atoms with Gasteiger partial charge in [-0.05, 0) is 18.2 Å². The number of aromatic amines is 2. The zero-order valence-electron chi connectivity index (χ0n) is 13.0. The highest BCUT2D eigenvalue weighted by atomic mass is 16.2. The molecule has 0 atom stereocenters. The molecule has 3 N–H and O–H groups in total. The second-order valence-electron chi connectivity index (χ2n) is 5.92. The monoisotopic (exact) mass is 328 g/mol. The van der Waals surface area contributed by atoms with Gasteiger partial charge in [-0.2, -0.15) is 5.10 Å². The molecule has 6 heteroatoms. The van der Waals surface area contributed by atoms with E-state index in [1.54, 1.807) is 0 Å². The Balaban J connectivity index is 1.81. The number of H-pyrrole nitrogens is 2. The fourth-order valence-corrected chi connectivity index (χ4v) is 3.30. The summed E-state index contributed by atoms with van der Waals surface area (Å²) in [4.78, 5) is 28.1. The highest BCUT2D eigenvalue weighted by molar-refractivity contribution is 6.49. The van der Waals surface area contributed by atoms with Crippen molar-refractivity contribution in [3.05, 3.63) is 66.0 Å². The van der Waals surface area contributed by atoms with Crippen molar-refractivity contribution in [2.75, 3.05) is 0 Å². The van der Waals surface area contributed by atoms with E-state index in [0.29, 0.717) is 17.0 Å². The summed E-state index contributed by atoms with van der Waals surface area (Å²) in [5, 5.41) is 11.4. The first-order valence-electron chi connectivity index (χ1n) is 7.84. The van der Waals surface area contributed by atoms with Crippen LogP contribution in [0.2, 0.25) is 0 Å². The van der Waals surface area contributed by atoms with Crippen LogP contribution in [-0.2, 0) is 9.59 Å². The molecule has 5 rings (SSSR count). The molecule has 3 heterocycles. The maximum atomic E-state index is 12.5. The molecule has 0 saturated carbocycles. The van der Waals surface area contributed by atoms with Gasteiger partial charge in [0.1, 0.15) is 5.69 Å². The smallest absolute Gasteiger partial charge is 0.261 e. The third-order valence-electron chi connectivity index (χ3n) is 4.44. The molecule has 0 radical (unpaired) electrons. The van der Waals surface area contributed by atoms with E-state index < -0.39 is 11.8 Å². The minimum absolute atomic E-state index is 0.286. The number of fused-ring (bicyclic) bond motifs is 2. The summed E-state index contributed by atoms with van der Waals surface area (Å²) >= 11 is 0. The number of hydrogen-bond acceptors (Lipinski definition) is 3. The molecular weight excluding hydrogens is 316 g/mol. The maximum absolute atomic E-state index is 12.5. The summed E-state index contributed by atoms with van der Waals surface area (Å²) in [6.07, 6.45) is 0. The average molecular weight is 328 g/mol. The molecule has 0 unspecified atom stereocenters. The first-order chi connectivity index (χ1) is 12.2. The number of carbonyl (C=O) groups is 2. The van der Waals surface area contributed by atoms with E-state index in [4.69, 9.17) is 0 Å². The minimum atomic E-state index is -0.434. The molecule has 0 spiro atoms. The number of imide groups is 1. The standard InChI is InChI=1S/C19H12N4O2/c24-18-15(14-9-10-5-1-3-7-12(10)20-14)16(19(25)21-18)17-11-6-2-4-8-13(11)22-23-17/h1-9,20H,(H,22,23)(H,21,24,25). The molecular formula is C19H12N4O2. The van der Waals surface area contributed by atoms with Crippen LogP contribution in [-0.4, -0.2) is 27.0 Å². The van der Waals surface area contributed by atoms with E-state index in [-0.39, 0.29) is 5.57 Å². The van der Waals surface area contributed by atoms with E-state index in [1.165, 1.54) is 0 Å². The van der Waals surface area contributed by atoms with Crippen molar-refractivity contribution in [2.45, 2.75) is 0 Å². The molecule has 6 nitrogen and oxygen atoms in total. The Hall–Kier alpha value is -3.67. The fourth-order valence-electron chi connectivity index (χ4n) is 3.30. The van der Waals surface area contributed by atoms with Gasteiger partial charge in [0.2, 0.25) is 0 Å². The van der Waals surface area contributed by atoms with Crippen molar-refractivity contribution in [3.63, 3.8) is 0 Å². The van der Waals surface area contributed by atoms with E-state index in [1.807, 2.05) is 54.6 Å². The summed E-state index contributed by atoms with van der Waals surface area (Å²) in [5.41, 5.74) is 3.41. The Bertz CT molecular complexity index is 1180.